The minimum Gasteiger partial charge on any atom is -0.392 e. The highest BCUT2D eigenvalue weighted by molar-refractivity contribution is 4.63. The molecule has 0 aliphatic rings. The molecule has 14 heavy (non-hydrogen) atoms. The van der Waals surface area contributed by atoms with E-state index in [0.717, 1.165) is 0 Å². The third-order valence-corrected chi connectivity index (χ3v) is 1.76. The highest BCUT2D eigenvalue weighted by Crippen LogP contribution is 2.22. The summed E-state index contributed by atoms with van der Waals surface area (Å²) >= 11 is 0. The molecule has 0 aliphatic heterocycles. The van der Waals surface area contributed by atoms with Crippen molar-refractivity contribution in [2.75, 3.05) is 6.54 Å². The van der Waals surface area contributed by atoms with Gasteiger partial charge in [0, 0.05) is 19.0 Å². The van der Waals surface area contributed by atoms with Gasteiger partial charge in [0.2, 0.25) is 0 Å². The number of hydrogen-bond donors (Lipinski definition) is 2. The van der Waals surface area contributed by atoms with Crippen LogP contribution in [0.1, 0.15) is 33.1 Å². The molecule has 5 heteroatoms. The van der Waals surface area contributed by atoms with Gasteiger partial charge in [-0.15, -0.1) is 0 Å². The van der Waals surface area contributed by atoms with E-state index in [9.17, 15) is 18.3 Å². The van der Waals surface area contributed by atoms with Gasteiger partial charge >= 0.3 is 6.18 Å². The Morgan fingerprint density at radius 1 is 1.29 bits per heavy atom. The lowest BCUT2D eigenvalue weighted by Crippen LogP contribution is -2.32. The van der Waals surface area contributed by atoms with Crippen molar-refractivity contribution in [3.8, 4) is 0 Å². The molecule has 1 atom stereocenters. The molecule has 0 saturated carbocycles. The van der Waals surface area contributed by atoms with Crippen LogP contribution in [0.5, 0.6) is 0 Å². The predicted molar refractivity (Wildman–Crippen MR) is 49.1 cm³/mol. The fraction of sp³-hybridized carbons (Fsp3) is 1.00. The number of hydrogen-bond acceptors (Lipinski definition) is 2. The van der Waals surface area contributed by atoms with Gasteiger partial charge in [-0.05, 0) is 12.8 Å². The van der Waals surface area contributed by atoms with Crippen LogP contribution in [0.2, 0.25) is 0 Å². The second-order valence-corrected chi connectivity index (χ2v) is 3.72. The van der Waals surface area contributed by atoms with Gasteiger partial charge < -0.3 is 10.4 Å². The molecule has 0 amide bonds. The van der Waals surface area contributed by atoms with Crippen molar-refractivity contribution in [1.29, 1.82) is 0 Å². The summed E-state index contributed by atoms with van der Waals surface area (Å²) in [7, 11) is 0. The van der Waals surface area contributed by atoms with Crippen LogP contribution >= 0.6 is 0 Å². The van der Waals surface area contributed by atoms with Gasteiger partial charge in [0.25, 0.3) is 0 Å². The maximum atomic E-state index is 11.7. The summed E-state index contributed by atoms with van der Waals surface area (Å²) < 4.78 is 35.2. The SMILES string of the molecule is CC(C)NCC(O)CCCC(F)(F)F. The average molecular weight is 213 g/mol. The lowest BCUT2D eigenvalue weighted by molar-refractivity contribution is -0.136. The van der Waals surface area contributed by atoms with Crippen molar-refractivity contribution in [3.63, 3.8) is 0 Å². The monoisotopic (exact) mass is 213 g/mol. The lowest BCUT2D eigenvalue weighted by Gasteiger charge is -2.14. The first kappa shape index (κ1) is 13.7. The van der Waals surface area contributed by atoms with Crippen LogP contribution in [0.3, 0.4) is 0 Å². The third kappa shape index (κ3) is 9.80. The summed E-state index contributed by atoms with van der Waals surface area (Å²) in [5.41, 5.74) is 0. The minimum absolute atomic E-state index is 0.00948. The summed E-state index contributed by atoms with van der Waals surface area (Å²) in [6.45, 7) is 4.19. The van der Waals surface area contributed by atoms with Crippen LogP contribution in [-0.4, -0.2) is 30.0 Å². The number of aliphatic hydroxyl groups is 1. The standard InChI is InChI=1S/C9H18F3NO/c1-7(2)13-6-8(14)4-3-5-9(10,11)12/h7-8,13-14H,3-6H2,1-2H3. The molecule has 0 rings (SSSR count). The van der Waals surface area contributed by atoms with Gasteiger partial charge in [-0.25, -0.2) is 0 Å². The van der Waals surface area contributed by atoms with E-state index >= 15 is 0 Å². The van der Waals surface area contributed by atoms with Gasteiger partial charge in [0.15, 0.2) is 0 Å². The highest BCUT2D eigenvalue weighted by atomic mass is 19.4. The smallest absolute Gasteiger partial charge is 0.389 e. The first-order chi connectivity index (χ1) is 6.31. The second-order valence-electron chi connectivity index (χ2n) is 3.72. The largest absolute Gasteiger partial charge is 0.392 e. The molecule has 86 valence electrons. The predicted octanol–water partition coefficient (Wildman–Crippen LogP) is 2.08. The Hall–Kier alpha value is -0.290. The van der Waals surface area contributed by atoms with Crippen molar-refractivity contribution in [1.82, 2.24) is 5.32 Å². The topological polar surface area (TPSA) is 32.3 Å². The van der Waals surface area contributed by atoms with Crippen molar-refractivity contribution in [2.24, 2.45) is 0 Å². The summed E-state index contributed by atoms with van der Waals surface area (Å²) in [5, 5.41) is 12.2. The summed E-state index contributed by atoms with van der Waals surface area (Å²) in [4.78, 5) is 0. The van der Waals surface area contributed by atoms with Crippen LogP contribution in [0.25, 0.3) is 0 Å². The fourth-order valence-corrected chi connectivity index (χ4v) is 1.01. The number of alkyl halides is 3. The first-order valence-electron chi connectivity index (χ1n) is 4.79. The zero-order valence-electron chi connectivity index (χ0n) is 8.56. The zero-order valence-corrected chi connectivity index (χ0v) is 8.56. The minimum atomic E-state index is -4.11. The van der Waals surface area contributed by atoms with Gasteiger partial charge in [-0.2, -0.15) is 13.2 Å². The molecule has 0 aliphatic carbocycles. The van der Waals surface area contributed by atoms with E-state index in [4.69, 9.17) is 0 Å². The van der Waals surface area contributed by atoms with Crippen molar-refractivity contribution >= 4 is 0 Å². The van der Waals surface area contributed by atoms with E-state index in [1.165, 1.54) is 0 Å². The van der Waals surface area contributed by atoms with E-state index < -0.39 is 18.7 Å². The molecule has 2 N–H and O–H groups in total. The van der Waals surface area contributed by atoms with Crippen molar-refractivity contribution in [2.45, 2.75) is 51.4 Å². The molecule has 0 radical (unpaired) electrons. The van der Waals surface area contributed by atoms with E-state index in [1.54, 1.807) is 0 Å². The molecule has 0 bridgehead atoms. The molecular formula is C9H18F3NO. The molecule has 0 fully saturated rings. The zero-order chi connectivity index (χ0) is 11.2. The Morgan fingerprint density at radius 2 is 1.86 bits per heavy atom. The Balaban J connectivity index is 3.40. The summed E-state index contributed by atoms with van der Waals surface area (Å²) in [6.07, 6.45) is -5.42. The Morgan fingerprint density at radius 3 is 2.29 bits per heavy atom. The summed E-state index contributed by atoms with van der Waals surface area (Å²) in [5.74, 6) is 0. The van der Waals surface area contributed by atoms with Crippen molar-refractivity contribution in [3.05, 3.63) is 0 Å². The molecule has 2 nitrogen and oxygen atoms in total. The van der Waals surface area contributed by atoms with Crippen LogP contribution in [0.15, 0.2) is 0 Å². The molecule has 0 aromatic heterocycles. The Kier molecular flexibility index (Phi) is 6.11. The lowest BCUT2D eigenvalue weighted by atomic mass is 10.1. The van der Waals surface area contributed by atoms with Crippen molar-refractivity contribution < 1.29 is 18.3 Å². The third-order valence-electron chi connectivity index (χ3n) is 1.76. The fourth-order valence-electron chi connectivity index (χ4n) is 1.01. The molecule has 0 aromatic rings. The van der Waals surface area contributed by atoms with Gasteiger partial charge in [0.05, 0.1) is 6.10 Å². The van der Waals surface area contributed by atoms with Crippen LogP contribution < -0.4 is 5.32 Å². The molecule has 0 heterocycles. The average Bonchev–Trinajstić information content (AvgIpc) is 1.98. The Labute approximate surface area is 82.5 Å². The summed E-state index contributed by atoms with van der Waals surface area (Å²) in [6, 6.07) is 0.243. The van der Waals surface area contributed by atoms with E-state index in [-0.39, 0.29) is 18.9 Å². The normalized spacial score (nSPS) is 14.8. The first-order valence-corrected chi connectivity index (χ1v) is 4.79. The molecule has 0 aromatic carbocycles. The Bertz CT molecular complexity index is 147. The number of aliphatic hydroxyl groups excluding tert-OH is 1. The van der Waals surface area contributed by atoms with Crippen LogP contribution in [-0.2, 0) is 0 Å². The number of rotatable bonds is 6. The van der Waals surface area contributed by atoms with E-state index in [0.29, 0.717) is 6.54 Å². The molecule has 0 spiro atoms. The maximum absolute atomic E-state index is 11.7. The van der Waals surface area contributed by atoms with E-state index in [1.807, 2.05) is 13.8 Å². The van der Waals surface area contributed by atoms with Crippen LogP contribution in [0.4, 0.5) is 13.2 Å². The number of halogens is 3. The van der Waals surface area contributed by atoms with Gasteiger partial charge in [-0.3, -0.25) is 0 Å². The van der Waals surface area contributed by atoms with Gasteiger partial charge in [0.1, 0.15) is 0 Å². The number of nitrogens with one attached hydrogen (secondary N) is 1. The molecular weight excluding hydrogens is 195 g/mol. The quantitative estimate of drug-likeness (QED) is 0.708. The second kappa shape index (κ2) is 6.24. The van der Waals surface area contributed by atoms with Gasteiger partial charge in [-0.1, -0.05) is 13.8 Å². The molecule has 1 unspecified atom stereocenters. The maximum Gasteiger partial charge on any atom is 0.389 e. The highest BCUT2D eigenvalue weighted by Gasteiger charge is 2.26. The van der Waals surface area contributed by atoms with Crippen LogP contribution in [0, 0.1) is 0 Å². The molecule has 0 saturated heterocycles. The van der Waals surface area contributed by atoms with E-state index in [2.05, 4.69) is 5.32 Å².